The SMILES string of the molecule is Cl.FC(F)(F)c1ccc(C#CC2NCCc3ccc(Br)cc32)cc1. The van der Waals surface area contributed by atoms with E-state index < -0.39 is 11.7 Å². The van der Waals surface area contributed by atoms with Crippen LogP contribution in [0.2, 0.25) is 0 Å². The van der Waals surface area contributed by atoms with E-state index in [0.717, 1.165) is 35.1 Å². The Bertz CT molecular complexity index is 776. The molecular formula is C18H14BrClF3N. The molecule has 3 rings (SSSR count). The Hall–Kier alpha value is -1.48. The van der Waals surface area contributed by atoms with Gasteiger partial charge in [-0.3, -0.25) is 5.32 Å². The Labute approximate surface area is 153 Å². The molecule has 126 valence electrons. The van der Waals surface area contributed by atoms with Crippen LogP contribution in [0.4, 0.5) is 13.2 Å². The molecule has 1 heterocycles. The van der Waals surface area contributed by atoms with Crippen LogP contribution in [0.25, 0.3) is 0 Å². The summed E-state index contributed by atoms with van der Waals surface area (Å²) in [4.78, 5) is 0. The van der Waals surface area contributed by atoms with Gasteiger partial charge in [0.1, 0.15) is 0 Å². The van der Waals surface area contributed by atoms with Crippen LogP contribution in [0.1, 0.15) is 28.3 Å². The van der Waals surface area contributed by atoms with Crippen LogP contribution in [0.15, 0.2) is 46.9 Å². The molecule has 0 spiro atoms. The predicted molar refractivity (Wildman–Crippen MR) is 94.2 cm³/mol. The number of nitrogens with one attached hydrogen (secondary N) is 1. The van der Waals surface area contributed by atoms with Crippen molar-refractivity contribution in [1.29, 1.82) is 0 Å². The first kappa shape index (κ1) is 18.9. The Morgan fingerprint density at radius 1 is 1.08 bits per heavy atom. The third-order valence-corrected chi connectivity index (χ3v) is 4.23. The van der Waals surface area contributed by atoms with Crippen molar-refractivity contribution in [3.8, 4) is 11.8 Å². The van der Waals surface area contributed by atoms with Gasteiger partial charge < -0.3 is 0 Å². The fourth-order valence-electron chi connectivity index (χ4n) is 2.55. The third-order valence-electron chi connectivity index (χ3n) is 3.73. The van der Waals surface area contributed by atoms with Crippen LogP contribution in [-0.4, -0.2) is 6.54 Å². The topological polar surface area (TPSA) is 12.0 Å². The molecular weight excluding hydrogens is 403 g/mol. The molecule has 6 heteroatoms. The minimum atomic E-state index is -4.32. The molecule has 0 aromatic heterocycles. The fourth-order valence-corrected chi connectivity index (χ4v) is 2.93. The van der Waals surface area contributed by atoms with E-state index in [1.54, 1.807) is 0 Å². The Morgan fingerprint density at radius 2 is 1.79 bits per heavy atom. The molecule has 0 saturated carbocycles. The molecule has 24 heavy (non-hydrogen) atoms. The zero-order valence-electron chi connectivity index (χ0n) is 12.5. The lowest BCUT2D eigenvalue weighted by molar-refractivity contribution is -0.137. The lowest BCUT2D eigenvalue weighted by atomic mass is 9.94. The summed E-state index contributed by atoms with van der Waals surface area (Å²) in [7, 11) is 0. The van der Waals surface area contributed by atoms with Crippen molar-refractivity contribution in [2.45, 2.75) is 18.6 Å². The molecule has 2 aromatic carbocycles. The van der Waals surface area contributed by atoms with E-state index in [1.165, 1.54) is 17.7 Å². The highest BCUT2D eigenvalue weighted by molar-refractivity contribution is 9.10. The van der Waals surface area contributed by atoms with E-state index in [4.69, 9.17) is 0 Å². The van der Waals surface area contributed by atoms with Crippen molar-refractivity contribution < 1.29 is 13.2 Å². The van der Waals surface area contributed by atoms with Crippen LogP contribution >= 0.6 is 28.3 Å². The largest absolute Gasteiger partial charge is 0.416 e. The molecule has 0 fully saturated rings. The molecule has 0 radical (unpaired) electrons. The van der Waals surface area contributed by atoms with Gasteiger partial charge in [0.25, 0.3) is 0 Å². The van der Waals surface area contributed by atoms with Crippen LogP contribution in [0, 0.1) is 11.8 Å². The molecule has 1 nitrogen and oxygen atoms in total. The highest BCUT2D eigenvalue weighted by atomic mass is 79.9. The molecule has 1 aliphatic heterocycles. The first-order valence-electron chi connectivity index (χ1n) is 7.14. The van der Waals surface area contributed by atoms with E-state index >= 15 is 0 Å². The summed E-state index contributed by atoms with van der Waals surface area (Å²) in [5.74, 6) is 6.07. The molecule has 1 N–H and O–H groups in total. The number of hydrogen-bond donors (Lipinski definition) is 1. The van der Waals surface area contributed by atoms with Crippen LogP contribution in [0.3, 0.4) is 0 Å². The van der Waals surface area contributed by atoms with Crippen molar-refractivity contribution in [3.63, 3.8) is 0 Å². The Morgan fingerprint density at radius 3 is 2.46 bits per heavy atom. The van der Waals surface area contributed by atoms with Crippen molar-refractivity contribution in [2.75, 3.05) is 6.54 Å². The minimum absolute atomic E-state index is 0. The van der Waals surface area contributed by atoms with Crippen molar-refractivity contribution >= 4 is 28.3 Å². The summed E-state index contributed by atoms with van der Waals surface area (Å²) in [6.45, 7) is 0.834. The summed E-state index contributed by atoms with van der Waals surface area (Å²) in [5.41, 5.74) is 2.28. The second-order valence-electron chi connectivity index (χ2n) is 5.32. The second-order valence-corrected chi connectivity index (χ2v) is 6.24. The number of fused-ring (bicyclic) bond motifs is 1. The van der Waals surface area contributed by atoms with Gasteiger partial charge in [0.2, 0.25) is 0 Å². The summed E-state index contributed by atoms with van der Waals surface area (Å²) in [6, 6.07) is 10.9. The molecule has 0 bridgehead atoms. The summed E-state index contributed by atoms with van der Waals surface area (Å²) < 4.78 is 38.6. The number of benzene rings is 2. The monoisotopic (exact) mass is 415 g/mol. The van der Waals surface area contributed by atoms with Crippen molar-refractivity contribution in [2.24, 2.45) is 0 Å². The maximum atomic E-state index is 12.5. The third kappa shape index (κ3) is 4.32. The summed E-state index contributed by atoms with van der Waals surface area (Å²) in [5, 5.41) is 3.33. The van der Waals surface area contributed by atoms with Gasteiger partial charge in [0.15, 0.2) is 0 Å². The fraction of sp³-hybridized carbons (Fsp3) is 0.222. The van der Waals surface area contributed by atoms with E-state index in [0.29, 0.717) is 5.56 Å². The molecule has 0 amide bonds. The average Bonchev–Trinajstić information content (AvgIpc) is 2.52. The minimum Gasteiger partial charge on any atom is -0.300 e. The zero-order valence-corrected chi connectivity index (χ0v) is 14.9. The molecule has 0 saturated heterocycles. The Balaban J connectivity index is 0.00000208. The lowest BCUT2D eigenvalue weighted by Gasteiger charge is -2.23. The number of hydrogen-bond acceptors (Lipinski definition) is 1. The van der Waals surface area contributed by atoms with E-state index in [2.05, 4.69) is 39.2 Å². The maximum Gasteiger partial charge on any atom is 0.416 e. The van der Waals surface area contributed by atoms with Crippen molar-refractivity contribution in [1.82, 2.24) is 5.32 Å². The van der Waals surface area contributed by atoms with E-state index in [9.17, 15) is 13.2 Å². The van der Waals surface area contributed by atoms with Gasteiger partial charge in [0, 0.05) is 16.6 Å². The number of alkyl halides is 3. The van der Waals surface area contributed by atoms with Crippen LogP contribution in [-0.2, 0) is 12.6 Å². The van der Waals surface area contributed by atoms with Crippen LogP contribution < -0.4 is 5.32 Å². The normalized spacial score (nSPS) is 16.4. The molecule has 1 aliphatic rings. The Kier molecular flexibility index (Phi) is 5.97. The van der Waals surface area contributed by atoms with Crippen LogP contribution in [0.5, 0.6) is 0 Å². The lowest BCUT2D eigenvalue weighted by Crippen LogP contribution is -2.28. The van der Waals surface area contributed by atoms with E-state index in [-0.39, 0.29) is 18.4 Å². The summed E-state index contributed by atoms with van der Waals surface area (Å²) in [6.07, 6.45) is -3.37. The van der Waals surface area contributed by atoms with Crippen molar-refractivity contribution in [3.05, 3.63) is 69.2 Å². The second kappa shape index (κ2) is 7.60. The molecule has 1 unspecified atom stereocenters. The molecule has 0 aliphatic carbocycles. The predicted octanol–water partition coefficient (Wildman–Crippen LogP) is 5.13. The van der Waals surface area contributed by atoms with Gasteiger partial charge >= 0.3 is 6.18 Å². The number of rotatable bonds is 0. The molecule has 1 atom stereocenters. The maximum absolute atomic E-state index is 12.5. The highest BCUT2D eigenvalue weighted by Crippen LogP contribution is 2.29. The summed E-state index contributed by atoms with van der Waals surface area (Å²) >= 11 is 3.46. The van der Waals surface area contributed by atoms with E-state index in [1.807, 2.05) is 12.1 Å². The average molecular weight is 417 g/mol. The first-order valence-corrected chi connectivity index (χ1v) is 7.93. The quantitative estimate of drug-likeness (QED) is 0.587. The smallest absolute Gasteiger partial charge is 0.300 e. The van der Waals surface area contributed by atoms with Gasteiger partial charge in [-0.25, -0.2) is 0 Å². The van der Waals surface area contributed by atoms with Gasteiger partial charge in [-0.2, -0.15) is 13.2 Å². The standard InChI is InChI=1S/C18H13BrF3N.ClH/c19-15-7-4-13-9-10-23-17(16(13)11-15)8-3-12-1-5-14(6-2-12)18(20,21)22;/h1-2,4-7,11,17,23H,9-10H2;1H. The van der Waals surface area contributed by atoms with Gasteiger partial charge in [-0.05, 0) is 53.9 Å². The first-order chi connectivity index (χ1) is 10.9. The van der Waals surface area contributed by atoms with Gasteiger partial charge in [0.05, 0.1) is 11.6 Å². The van der Waals surface area contributed by atoms with Gasteiger partial charge in [-0.1, -0.05) is 33.8 Å². The highest BCUT2D eigenvalue weighted by Gasteiger charge is 2.29. The molecule has 2 aromatic rings. The number of halogens is 5. The zero-order chi connectivity index (χ0) is 16.4. The van der Waals surface area contributed by atoms with Gasteiger partial charge in [-0.15, -0.1) is 12.4 Å².